The molecule has 1 N–H and O–H groups in total. The number of hydrogen-bond donors (Lipinski definition) is 1. The zero-order valence-corrected chi connectivity index (χ0v) is 13.1. The molecule has 5 nitrogen and oxygen atoms in total. The minimum absolute atomic E-state index is 0.163. The minimum atomic E-state index is -3.70. The zero-order valence-electron chi connectivity index (χ0n) is 10.7. The molecule has 0 aliphatic rings. The maximum atomic E-state index is 11.7. The van der Waals surface area contributed by atoms with Crippen molar-refractivity contribution in [3.63, 3.8) is 0 Å². The van der Waals surface area contributed by atoms with Gasteiger partial charge in [-0.3, -0.25) is 4.79 Å². The number of benzene rings is 1. The van der Waals surface area contributed by atoms with Gasteiger partial charge in [-0.2, -0.15) is 0 Å². The van der Waals surface area contributed by atoms with E-state index in [1.54, 1.807) is 13.8 Å². The molecular formula is C12H16BrNO4S. The SMILES string of the molecule is CCOC(=O)CS(=O)(=O)NC(C)c1ccc(Br)cc1. The Balaban J connectivity index is 2.67. The average Bonchev–Trinajstić information content (AvgIpc) is 2.28. The Kier molecular flexibility index (Phi) is 5.96. The third kappa shape index (κ3) is 5.71. The van der Waals surface area contributed by atoms with Gasteiger partial charge >= 0.3 is 5.97 Å². The molecule has 0 aromatic heterocycles. The minimum Gasteiger partial charge on any atom is -0.465 e. The lowest BCUT2D eigenvalue weighted by molar-refractivity contribution is -0.139. The number of ether oxygens (including phenoxy) is 1. The number of carbonyl (C=O) groups is 1. The van der Waals surface area contributed by atoms with Gasteiger partial charge in [-0.1, -0.05) is 28.1 Å². The highest BCUT2D eigenvalue weighted by atomic mass is 79.9. The van der Waals surface area contributed by atoms with Crippen molar-refractivity contribution < 1.29 is 17.9 Å². The topological polar surface area (TPSA) is 72.5 Å². The van der Waals surface area contributed by atoms with Crippen LogP contribution in [0.15, 0.2) is 28.7 Å². The number of hydrogen-bond acceptors (Lipinski definition) is 4. The molecule has 0 fully saturated rings. The summed E-state index contributed by atoms with van der Waals surface area (Å²) in [6, 6.07) is 6.85. The molecule has 1 unspecified atom stereocenters. The lowest BCUT2D eigenvalue weighted by Gasteiger charge is -2.14. The van der Waals surface area contributed by atoms with Crippen LogP contribution in [0.25, 0.3) is 0 Å². The normalized spacial score (nSPS) is 13.0. The van der Waals surface area contributed by atoms with Crippen LogP contribution in [-0.2, 0) is 19.6 Å². The third-order valence-electron chi connectivity index (χ3n) is 2.34. The summed E-state index contributed by atoms with van der Waals surface area (Å²) in [5, 5.41) is 0. The first-order valence-electron chi connectivity index (χ1n) is 5.75. The van der Waals surface area contributed by atoms with Gasteiger partial charge in [0.05, 0.1) is 6.61 Å². The van der Waals surface area contributed by atoms with Crippen LogP contribution in [0.4, 0.5) is 0 Å². The average molecular weight is 350 g/mol. The number of sulfonamides is 1. The molecule has 0 spiro atoms. The molecule has 106 valence electrons. The van der Waals surface area contributed by atoms with E-state index in [0.717, 1.165) is 10.0 Å². The van der Waals surface area contributed by atoms with E-state index in [-0.39, 0.29) is 6.61 Å². The number of rotatable bonds is 6. The first-order chi connectivity index (χ1) is 8.84. The molecule has 0 heterocycles. The monoisotopic (exact) mass is 349 g/mol. The number of esters is 1. The van der Waals surface area contributed by atoms with Gasteiger partial charge in [0.25, 0.3) is 0 Å². The van der Waals surface area contributed by atoms with Crippen molar-refractivity contribution in [3.8, 4) is 0 Å². The van der Waals surface area contributed by atoms with Gasteiger partial charge in [-0.25, -0.2) is 13.1 Å². The smallest absolute Gasteiger partial charge is 0.322 e. The Hall–Kier alpha value is -0.920. The second-order valence-corrected chi connectivity index (χ2v) is 6.62. The van der Waals surface area contributed by atoms with Crippen molar-refractivity contribution in [1.29, 1.82) is 0 Å². The Morgan fingerprint density at radius 3 is 2.47 bits per heavy atom. The standard InChI is InChI=1S/C12H16BrNO4S/c1-3-18-12(15)8-19(16,17)14-9(2)10-4-6-11(13)7-5-10/h4-7,9,14H,3,8H2,1-2H3. The molecule has 0 aliphatic carbocycles. The van der Waals surface area contributed by atoms with Gasteiger partial charge in [-0.15, -0.1) is 0 Å². The van der Waals surface area contributed by atoms with E-state index in [1.807, 2.05) is 24.3 Å². The summed E-state index contributed by atoms with van der Waals surface area (Å²) in [5.41, 5.74) is 0.815. The van der Waals surface area contributed by atoms with Crippen LogP contribution < -0.4 is 4.72 Å². The fraction of sp³-hybridized carbons (Fsp3) is 0.417. The lowest BCUT2D eigenvalue weighted by Crippen LogP contribution is -2.32. The Morgan fingerprint density at radius 2 is 1.95 bits per heavy atom. The van der Waals surface area contributed by atoms with Gasteiger partial charge < -0.3 is 4.74 Å². The van der Waals surface area contributed by atoms with Crippen molar-refractivity contribution in [3.05, 3.63) is 34.3 Å². The van der Waals surface area contributed by atoms with E-state index in [2.05, 4.69) is 25.4 Å². The number of halogens is 1. The van der Waals surface area contributed by atoms with Crippen LogP contribution in [0.3, 0.4) is 0 Å². The highest BCUT2D eigenvalue weighted by molar-refractivity contribution is 9.10. The van der Waals surface area contributed by atoms with E-state index < -0.39 is 27.8 Å². The largest absolute Gasteiger partial charge is 0.465 e. The van der Waals surface area contributed by atoms with Crippen LogP contribution in [0.5, 0.6) is 0 Å². The van der Waals surface area contributed by atoms with E-state index in [0.29, 0.717) is 0 Å². The van der Waals surface area contributed by atoms with Crippen molar-refractivity contribution in [1.82, 2.24) is 4.72 Å². The Morgan fingerprint density at radius 1 is 1.37 bits per heavy atom. The Labute approximate surface area is 121 Å². The summed E-state index contributed by atoms with van der Waals surface area (Å²) >= 11 is 3.31. The molecule has 0 radical (unpaired) electrons. The van der Waals surface area contributed by atoms with Crippen molar-refractivity contribution >= 4 is 31.9 Å². The molecule has 7 heteroatoms. The van der Waals surface area contributed by atoms with Crippen LogP contribution in [0, 0.1) is 0 Å². The van der Waals surface area contributed by atoms with Crippen molar-refractivity contribution in [2.45, 2.75) is 19.9 Å². The number of nitrogens with one attached hydrogen (secondary N) is 1. The molecule has 19 heavy (non-hydrogen) atoms. The predicted molar refractivity (Wildman–Crippen MR) is 76.1 cm³/mol. The molecule has 1 atom stereocenters. The van der Waals surface area contributed by atoms with E-state index in [1.165, 1.54) is 0 Å². The molecule has 0 saturated carbocycles. The maximum absolute atomic E-state index is 11.7. The fourth-order valence-electron chi connectivity index (χ4n) is 1.49. The summed E-state index contributed by atoms with van der Waals surface area (Å²) in [4.78, 5) is 11.2. The van der Waals surface area contributed by atoms with Crippen LogP contribution in [0.1, 0.15) is 25.5 Å². The molecule has 1 aromatic rings. The van der Waals surface area contributed by atoms with Gasteiger partial charge in [0.2, 0.25) is 10.0 Å². The van der Waals surface area contributed by atoms with E-state index in [4.69, 9.17) is 0 Å². The van der Waals surface area contributed by atoms with Crippen LogP contribution >= 0.6 is 15.9 Å². The van der Waals surface area contributed by atoms with Gasteiger partial charge in [0.15, 0.2) is 5.75 Å². The fourth-order valence-corrected chi connectivity index (χ4v) is 2.90. The highest BCUT2D eigenvalue weighted by Crippen LogP contribution is 2.17. The summed E-state index contributed by atoms with van der Waals surface area (Å²) in [6.07, 6.45) is 0. The second kappa shape index (κ2) is 7.02. The summed E-state index contributed by atoms with van der Waals surface area (Å²) < 4.78 is 31.5. The first kappa shape index (κ1) is 16.1. The molecule has 1 rings (SSSR count). The lowest BCUT2D eigenvalue weighted by atomic mass is 10.1. The summed E-state index contributed by atoms with van der Waals surface area (Å²) in [7, 11) is -3.70. The zero-order chi connectivity index (χ0) is 14.5. The summed E-state index contributed by atoms with van der Waals surface area (Å²) in [6.45, 7) is 3.50. The highest BCUT2D eigenvalue weighted by Gasteiger charge is 2.20. The van der Waals surface area contributed by atoms with Crippen molar-refractivity contribution in [2.75, 3.05) is 12.4 Å². The molecule has 0 aliphatic heterocycles. The molecule has 0 amide bonds. The van der Waals surface area contributed by atoms with Crippen LogP contribution in [-0.4, -0.2) is 26.7 Å². The summed E-state index contributed by atoms with van der Waals surface area (Å²) in [5.74, 6) is -1.42. The van der Waals surface area contributed by atoms with E-state index in [9.17, 15) is 13.2 Å². The van der Waals surface area contributed by atoms with Crippen LogP contribution in [0.2, 0.25) is 0 Å². The van der Waals surface area contributed by atoms with Gasteiger partial charge in [0, 0.05) is 10.5 Å². The molecule has 0 bridgehead atoms. The molecule has 1 aromatic carbocycles. The maximum Gasteiger partial charge on any atom is 0.322 e. The molecular weight excluding hydrogens is 334 g/mol. The molecule has 0 saturated heterocycles. The van der Waals surface area contributed by atoms with E-state index >= 15 is 0 Å². The van der Waals surface area contributed by atoms with Crippen molar-refractivity contribution in [2.24, 2.45) is 0 Å². The van der Waals surface area contributed by atoms with Gasteiger partial charge in [-0.05, 0) is 31.5 Å². The Bertz CT molecular complexity index is 527. The number of carbonyl (C=O) groups excluding carboxylic acids is 1. The quantitative estimate of drug-likeness (QED) is 0.797. The third-order valence-corrected chi connectivity index (χ3v) is 4.20. The van der Waals surface area contributed by atoms with Gasteiger partial charge in [0.1, 0.15) is 0 Å². The first-order valence-corrected chi connectivity index (χ1v) is 8.19. The second-order valence-electron chi connectivity index (χ2n) is 3.96. The predicted octanol–water partition coefficient (Wildman–Crippen LogP) is 1.99.